The van der Waals surface area contributed by atoms with Gasteiger partial charge >= 0.3 is 5.97 Å². The average Bonchev–Trinajstić information content (AvgIpc) is 2.52. The van der Waals surface area contributed by atoms with Gasteiger partial charge in [-0.15, -0.1) is 0 Å². The van der Waals surface area contributed by atoms with E-state index in [9.17, 15) is 4.79 Å². The Bertz CT molecular complexity index is 630. The van der Waals surface area contributed by atoms with E-state index >= 15 is 0 Å². The van der Waals surface area contributed by atoms with E-state index < -0.39 is 5.97 Å². The molecule has 2 aromatic rings. The zero-order chi connectivity index (χ0) is 15.9. The molecule has 2 rings (SSSR count). The van der Waals surface area contributed by atoms with E-state index in [1.807, 2.05) is 30.3 Å². The Morgan fingerprint density at radius 1 is 1.27 bits per heavy atom. The van der Waals surface area contributed by atoms with Crippen LogP contribution >= 0.6 is 0 Å². The maximum Gasteiger partial charge on any atom is 0.354 e. The van der Waals surface area contributed by atoms with E-state index in [1.165, 1.54) is 6.07 Å². The van der Waals surface area contributed by atoms with Crippen molar-refractivity contribution in [2.45, 2.75) is 20.5 Å². The van der Waals surface area contributed by atoms with Crippen molar-refractivity contribution in [3.63, 3.8) is 0 Å². The first-order valence-electron chi connectivity index (χ1n) is 7.07. The van der Waals surface area contributed by atoms with Gasteiger partial charge in [-0.05, 0) is 18.1 Å². The van der Waals surface area contributed by atoms with Crippen LogP contribution in [0.5, 0.6) is 5.75 Å². The summed E-state index contributed by atoms with van der Waals surface area (Å²) in [5.74, 6) is 0.842. The van der Waals surface area contributed by atoms with Crippen molar-refractivity contribution in [2.75, 3.05) is 11.9 Å². The molecule has 1 heterocycles. The molecule has 1 aromatic heterocycles. The lowest BCUT2D eigenvalue weighted by molar-refractivity contribution is 0.0689. The minimum absolute atomic E-state index is 0.0482. The second-order valence-corrected chi connectivity index (χ2v) is 5.24. The Balaban J connectivity index is 2.13. The molecule has 0 aliphatic heterocycles. The van der Waals surface area contributed by atoms with Crippen molar-refractivity contribution in [1.82, 2.24) is 9.97 Å². The first kappa shape index (κ1) is 15.8. The number of aromatic carboxylic acids is 1. The number of nitrogens with one attached hydrogen (secondary N) is 1. The zero-order valence-corrected chi connectivity index (χ0v) is 12.6. The molecule has 0 aliphatic rings. The van der Waals surface area contributed by atoms with Crippen LogP contribution in [0.2, 0.25) is 0 Å². The Morgan fingerprint density at radius 3 is 2.64 bits per heavy atom. The van der Waals surface area contributed by atoms with Crippen molar-refractivity contribution in [3.05, 3.63) is 47.9 Å². The van der Waals surface area contributed by atoms with Crippen LogP contribution in [0.3, 0.4) is 0 Å². The third-order valence-corrected chi connectivity index (χ3v) is 2.79. The molecule has 0 bridgehead atoms. The number of hydrogen-bond acceptors (Lipinski definition) is 5. The maximum absolute atomic E-state index is 11.2. The summed E-state index contributed by atoms with van der Waals surface area (Å²) in [5, 5.41) is 12.2. The molecule has 1 aromatic carbocycles. The molecule has 22 heavy (non-hydrogen) atoms. The number of anilines is 1. The van der Waals surface area contributed by atoms with Crippen LogP contribution in [0.4, 0.5) is 5.82 Å². The minimum Gasteiger partial charge on any atom is -0.486 e. The number of para-hydroxylation sites is 1. The molecule has 116 valence electrons. The summed E-state index contributed by atoms with van der Waals surface area (Å²) in [5.41, 5.74) is -0.0482. The molecule has 6 nitrogen and oxygen atoms in total. The van der Waals surface area contributed by atoms with Gasteiger partial charge in [0.15, 0.2) is 11.5 Å². The molecule has 6 heteroatoms. The molecule has 0 aliphatic carbocycles. The number of ether oxygens (including phenoxy) is 1. The van der Waals surface area contributed by atoms with Gasteiger partial charge in [0, 0.05) is 12.6 Å². The van der Waals surface area contributed by atoms with E-state index in [4.69, 9.17) is 9.84 Å². The van der Waals surface area contributed by atoms with E-state index in [0.717, 1.165) is 0 Å². The molecule has 0 atom stereocenters. The molecule has 0 radical (unpaired) electrons. The number of rotatable bonds is 7. The molecule has 0 amide bonds. The van der Waals surface area contributed by atoms with Crippen LogP contribution in [0.15, 0.2) is 36.4 Å². The maximum atomic E-state index is 11.2. The van der Waals surface area contributed by atoms with Gasteiger partial charge in [-0.2, -0.15) is 0 Å². The van der Waals surface area contributed by atoms with E-state index in [2.05, 4.69) is 29.1 Å². The zero-order valence-electron chi connectivity index (χ0n) is 12.6. The number of carbonyl (C=O) groups is 1. The van der Waals surface area contributed by atoms with Crippen molar-refractivity contribution in [1.29, 1.82) is 0 Å². The Hall–Kier alpha value is -2.63. The summed E-state index contributed by atoms with van der Waals surface area (Å²) >= 11 is 0. The summed E-state index contributed by atoms with van der Waals surface area (Å²) in [6, 6.07) is 10.7. The summed E-state index contributed by atoms with van der Waals surface area (Å²) in [7, 11) is 0. The molecule has 0 saturated heterocycles. The second kappa shape index (κ2) is 7.40. The topological polar surface area (TPSA) is 84.3 Å². The molecule has 0 saturated carbocycles. The largest absolute Gasteiger partial charge is 0.486 e. The highest BCUT2D eigenvalue weighted by molar-refractivity contribution is 5.86. The number of benzene rings is 1. The van der Waals surface area contributed by atoms with Crippen LogP contribution in [0.1, 0.15) is 30.2 Å². The molecule has 2 N–H and O–H groups in total. The summed E-state index contributed by atoms with van der Waals surface area (Å²) in [4.78, 5) is 19.5. The monoisotopic (exact) mass is 301 g/mol. The van der Waals surface area contributed by atoms with Gasteiger partial charge in [0.1, 0.15) is 18.2 Å². The fraction of sp³-hybridized carbons (Fsp3) is 0.312. The highest BCUT2D eigenvalue weighted by atomic mass is 16.5. The Morgan fingerprint density at radius 2 is 2.00 bits per heavy atom. The number of nitrogens with zero attached hydrogens (tertiary/aromatic N) is 2. The fourth-order valence-corrected chi connectivity index (χ4v) is 1.74. The van der Waals surface area contributed by atoms with Crippen molar-refractivity contribution < 1.29 is 14.6 Å². The summed E-state index contributed by atoms with van der Waals surface area (Å²) in [6.45, 7) is 4.94. The van der Waals surface area contributed by atoms with Crippen LogP contribution in [-0.4, -0.2) is 27.6 Å². The summed E-state index contributed by atoms with van der Waals surface area (Å²) < 4.78 is 5.56. The van der Waals surface area contributed by atoms with Crippen molar-refractivity contribution >= 4 is 11.8 Å². The van der Waals surface area contributed by atoms with Gasteiger partial charge < -0.3 is 15.2 Å². The minimum atomic E-state index is -1.09. The second-order valence-electron chi connectivity index (χ2n) is 5.24. The lowest BCUT2D eigenvalue weighted by atomic mass is 10.2. The third-order valence-electron chi connectivity index (χ3n) is 2.79. The van der Waals surface area contributed by atoms with Crippen LogP contribution in [0, 0.1) is 5.92 Å². The predicted molar refractivity (Wildman–Crippen MR) is 83.1 cm³/mol. The van der Waals surface area contributed by atoms with E-state index in [0.29, 0.717) is 29.9 Å². The first-order valence-corrected chi connectivity index (χ1v) is 7.07. The Labute approximate surface area is 129 Å². The number of carboxylic acid groups (broad SMARTS) is 1. The Kier molecular flexibility index (Phi) is 5.30. The lowest BCUT2D eigenvalue weighted by Gasteiger charge is -2.11. The van der Waals surface area contributed by atoms with Crippen LogP contribution < -0.4 is 10.1 Å². The van der Waals surface area contributed by atoms with E-state index in [-0.39, 0.29) is 12.3 Å². The highest BCUT2D eigenvalue weighted by Crippen LogP contribution is 2.12. The average molecular weight is 301 g/mol. The van der Waals surface area contributed by atoms with E-state index in [1.54, 1.807) is 0 Å². The van der Waals surface area contributed by atoms with Crippen molar-refractivity contribution in [3.8, 4) is 5.75 Å². The van der Waals surface area contributed by atoms with Gasteiger partial charge in [-0.1, -0.05) is 32.0 Å². The van der Waals surface area contributed by atoms with Crippen molar-refractivity contribution in [2.24, 2.45) is 5.92 Å². The summed E-state index contributed by atoms with van der Waals surface area (Å²) in [6.07, 6.45) is 0. The lowest BCUT2D eigenvalue weighted by Crippen LogP contribution is -2.14. The fourth-order valence-electron chi connectivity index (χ4n) is 1.74. The van der Waals surface area contributed by atoms with Gasteiger partial charge in [-0.3, -0.25) is 0 Å². The van der Waals surface area contributed by atoms with Gasteiger partial charge in [0.2, 0.25) is 0 Å². The van der Waals surface area contributed by atoms with Gasteiger partial charge in [0.25, 0.3) is 0 Å². The molecular weight excluding hydrogens is 282 g/mol. The van der Waals surface area contributed by atoms with Gasteiger partial charge in [0.05, 0.1) is 0 Å². The number of hydrogen-bond donors (Lipinski definition) is 2. The predicted octanol–water partition coefficient (Wildman–Crippen LogP) is 2.82. The number of aromatic nitrogens is 2. The smallest absolute Gasteiger partial charge is 0.354 e. The number of carboxylic acids is 1. The normalized spacial score (nSPS) is 10.5. The quantitative estimate of drug-likeness (QED) is 0.818. The standard InChI is InChI=1S/C16H19N3O3/c1-11(2)9-17-14-8-13(16(20)21)18-15(19-14)10-22-12-6-4-3-5-7-12/h3-8,11H,9-10H2,1-2H3,(H,20,21)(H,17,18,19). The van der Waals surface area contributed by atoms with Crippen LogP contribution in [-0.2, 0) is 6.61 Å². The molecular formula is C16H19N3O3. The third kappa shape index (κ3) is 4.73. The molecule has 0 spiro atoms. The molecule has 0 unspecified atom stereocenters. The SMILES string of the molecule is CC(C)CNc1cc(C(=O)O)nc(COc2ccccc2)n1. The highest BCUT2D eigenvalue weighted by Gasteiger charge is 2.11. The van der Waals surface area contributed by atoms with Gasteiger partial charge in [-0.25, -0.2) is 14.8 Å². The first-order chi connectivity index (χ1) is 10.5. The molecule has 0 fully saturated rings. The van der Waals surface area contributed by atoms with Crippen LogP contribution in [0.25, 0.3) is 0 Å².